The smallest absolute Gasteiger partial charge is 0.273 e. The summed E-state index contributed by atoms with van der Waals surface area (Å²) >= 11 is 0. The molecule has 1 amide bonds. The minimum atomic E-state index is -0.181. The summed E-state index contributed by atoms with van der Waals surface area (Å²) < 4.78 is 10.9. The summed E-state index contributed by atoms with van der Waals surface area (Å²) in [6.07, 6.45) is 7.61. The van der Waals surface area contributed by atoms with Crippen LogP contribution in [0.15, 0.2) is 33.4 Å². The Labute approximate surface area is 141 Å². The molecule has 0 radical (unpaired) electrons. The second-order valence-corrected chi connectivity index (χ2v) is 6.73. The molecule has 2 aliphatic rings. The number of carbonyl (C=O) groups is 1. The molecule has 0 bridgehead atoms. The monoisotopic (exact) mass is 329 g/mol. The fourth-order valence-corrected chi connectivity index (χ4v) is 3.36. The van der Waals surface area contributed by atoms with E-state index in [-0.39, 0.29) is 11.9 Å². The molecule has 6 heteroatoms. The number of piperidine rings is 1. The van der Waals surface area contributed by atoms with E-state index in [1.807, 2.05) is 12.1 Å². The van der Waals surface area contributed by atoms with E-state index in [1.54, 1.807) is 12.3 Å². The molecule has 0 unspecified atom stereocenters. The Morgan fingerprint density at radius 3 is 2.88 bits per heavy atom. The van der Waals surface area contributed by atoms with Crippen LogP contribution in [0, 0.1) is 0 Å². The second kappa shape index (κ2) is 6.81. The maximum atomic E-state index is 12.4. The number of hydrogen-bond donors (Lipinski definition) is 1. The summed E-state index contributed by atoms with van der Waals surface area (Å²) in [5.74, 6) is 2.01. The minimum Gasteiger partial charge on any atom is -0.468 e. The summed E-state index contributed by atoms with van der Waals surface area (Å²) in [4.78, 5) is 14.8. The van der Waals surface area contributed by atoms with Crippen molar-refractivity contribution in [2.75, 3.05) is 19.6 Å². The Balaban J connectivity index is 1.41. The highest BCUT2D eigenvalue weighted by Gasteiger charge is 2.29. The van der Waals surface area contributed by atoms with Crippen LogP contribution in [0.1, 0.15) is 66.1 Å². The molecule has 2 fully saturated rings. The van der Waals surface area contributed by atoms with Gasteiger partial charge in [-0.2, -0.15) is 0 Å². The van der Waals surface area contributed by atoms with Gasteiger partial charge in [0, 0.05) is 18.5 Å². The normalized spacial score (nSPS) is 20.0. The van der Waals surface area contributed by atoms with Crippen molar-refractivity contribution in [1.82, 2.24) is 15.4 Å². The van der Waals surface area contributed by atoms with Crippen LogP contribution < -0.4 is 5.32 Å². The number of hydrogen-bond acceptors (Lipinski definition) is 5. The minimum absolute atomic E-state index is 0.0686. The van der Waals surface area contributed by atoms with Crippen LogP contribution in [0.4, 0.5) is 0 Å². The van der Waals surface area contributed by atoms with E-state index >= 15 is 0 Å². The van der Waals surface area contributed by atoms with E-state index in [9.17, 15) is 4.79 Å². The van der Waals surface area contributed by atoms with Crippen molar-refractivity contribution in [3.8, 4) is 0 Å². The first-order valence-electron chi connectivity index (χ1n) is 8.83. The first-order chi connectivity index (χ1) is 11.8. The third-order valence-electron chi connectivity index (χ3n) is 4.90. The van der Waals surface area contributed by atoms with Gasteiger partial charge in [0.15, 0.2) is 5.69 Å². The van der Waals surface area contributed by atoms with Gasteiger partial charge in [0.05, 0.1) is 12.3 Å². The summed E-state index contributed by atoms with van der Waals surface area (Å²) in [6.45, 7) is 2.59. The quantitative estimate of drug-likeness (QED) is 0.882. The van der Waals surface area contributed by atoms with Gasteiger partial charge < -0.3 is 14.3 Å². The van der Waals surface area contributed by atoms with E-state index in [1.165, 1.54) is 19.3 Å². The highest BCUT2D eigenvalue weighted by molar-refractivity contribution is 5.92. The van der Waals surface area contributed by atoms with Crippen molar-refractivity contribution in [3.05, 3.63) is 41.7 Å². The molecule has 2 aromatic heterocycles. The van der Waals surface area contributed by atoms with Crippen LogP contribution in [0.3, 0.4) is 0 Å². The summed E-state index contributed by atoms with van der Waals surface area (Å²) in [5.41, 5.74) is 0.369. The van der Waals surface area contributed by atoms with Crippen LogP contribution in [-0.4, -0.2) is 35.6 Å². The van der Waals surface area contributed by atoms with Crippen molar-refractivity contribution in [1.29, 1.82) is 0 Å². The molecule has 0 spiro atoms. The fraction of sp³-hybridized carbons (Fsp3) is 0.556. The molecule has 1 saturated carbocycles. The Kier molecular flexibility index (Phi) is 4.38. The molecule has 1 aliphatic carbocycles. The Morgan fingerprint density at radius 1 is 1.33 bits per heavy atom. The van der Waals surface area contributed by atoms with Crippen molar-refractivity contribution < 1.29 is 13.7 Å². The van der Waals surface area contributed by atoms with E-state index in [0.717, 1.165) is 37.5 Å². The molecule has 1 N–H and O–H groups in total. The highest BCUT2D eigenvalue weighted by atomic mass is 16.5. The predicted molar refractivity (Wildman–Crippen MR) is 87.7 cm³/mol. The predicted octanol–water partition coefficient (Wildman–Crippen LogP) is 3.10. The molecule has 1 aliphatic heterocycles. The van der Waals surface area contributed by atoms with Crippen molar-refractivity contribution >= 4 is 5.91 Å². The molecule has 4 rings (SSSR count). The molecule has 128 valence electrons. The molecule has 1 saturated heterocycles. The van der Waals surface area contributed by atoms with Crippen LogP contribution in [0.25, 0.3) is 0 Å². The summed E-state index contributed by atoms with van der Waals surface area (Å²) in [7, 11) is 0. The Morgan fingerprint density at radius 2 is 2.17 bits per heavy atom. The maximum absolute atomic E-state index is 12.4. The summed E-state index contributed by atoms with van der Waals surface area (Å²) in [5, 5.41) is 6.90. The van der Waals surface area contributed by atoms with Gasteiger partial charge in [0.2, 0.25) is 0 Å². The second-order valence-electron chi connectivity index (χ2n) is 6.73. The van der Waals surface area contributed by atoms with E-state index in [2.05, 4.69) is 15.4 Å². The van der Waals surface area contributed by atoms with Crippen molar-refractivity contribution in [2.45, 2.75) is 44.1 Å². The van der Waals surface area contributed by atoms with Gasteiger partial charge >= 0.3 is 0 Å². The van der Waals surface area contributed by atoms with Gasteiger partial charge in [-0.25, -0.2) is 0 Å². The molecule has 2 aromatic rings. The number of aromatic nitrogens is 1. The average Bonchev–Trinajstić information content (AvgIpc) is 3.12. The Bertz CT molecular complexity index is 670. The van der Waals surface area contributed by atoms with Gasteiger partial charge in [-0.1, -0.05) is 11.6 Å². The molecule has 3 heterocycles. The lowest BCUT2D eigenvalue weighted by Gasteiger charge is -2.33. The Hall–Kier alpha value is -2.08. The van der Waals surface area contributed by atoms with E-state index in [0.29, 0.717) is 18.2 Å². The number of nitrogens with zero attached hydrogens (tertiary/aromatic N) is 2. The van der Waals surface area contributed by atoms with E-state index < -0.39 is 0 Å². The standard InChI is InChI=1S/C18H23N3O3/c22-18(14-11-17(24-20-14)13-6-7-13)19-12-15(16-5-4-10-23-16)21-8-2-1-3-9-21/h4-5,10-11,13,15H,1-3,6-9,12H2,(H,19,22)/t15-/m0/s1. The molecule has 24 heavy (non-hydrogen) atoms. The van der Waals surface area contributed by atoms with Gasteiger partial charge in [0.25, 0.3) is 5.91 Å². The van der Waals surface area contributed by atoms with Gasteiger partial charge in [-0.15, -0.1) is 0 Å². The topological polar surface area (TPSA) is 71.5 Å². The van der Waals surface area contributed by atoms with Crippen molar-refractivity contribution in [3.63, 3.8) is 0 Å². The molecule has 6 nitrogen and oxygen atoms in total. The average molecular weight is 329 g/mol. The number of amides is 1. The van der Waals surface area contributed by atoms with Crippen molar-refractivity contribution in [2.24, 2.45) is 0 Å². The number of carbonyl (C=O) groups excluding carboxylic acids is 1. The summed E-state index contributed by atoms with van der Waals surface area (Å²) in [6, 6.07) is 5.72. The lowest BCUT2D eigenvalue weighted by atomic mass is 10.1. The third kappa shape index (κ3) is 3.38. The number of rotatable bonds is 6. The first kappa shape index (κ1) is 15.4. The fourth-order valence-electron chi connectivity index (χ4n) is 3.36. The van der Waals surface area contributed by atoms with Gasteiger partial charge in [-0.3, -0.25) is 9.69 Å². The van der Waals surface area contributed by atoms with Gasteiger partial charge in [0.1, 0.15) is 11.5 Å². The number of likely N-dealkylation sites (tertiary alicyclic amines) is 1. The van der Waals surface area contributed by atoms with Crippen LogP contribution in [0.2, 0.25) is 0 Å². The molecular weight excluding hydrogens is 306 g/mol. The number of nitrogens with one attached hydrogen (secondary N) is 1. The first-order valence-corrected chi connectivity index (χ1v) is 8.83. The third-order valence-corrected chi connectivity index (χ3v) is 4.90. The highest BCUT2D eigenvalue weighted by Crippen LogP contribution is 2.40. The SMILES string of the molecule is O=C(NC[C@@H](c1ccco1)N1CCCCC1)c1cc(C2CC2)on1. The lowest BCUT2D eigenvalue weighted by molar-refractivity contribution is 0.0905. The molecular formula is C18H23N3O3. The zero-order valence-electron chi connectivity index (χ0n) is 13.7. The molecule has 1 atom stereocenters. The largest absolute Gasteiger partial charge is 0.468 e. The van der Waals surface area contributed by atoms with Crippen LogP contribution in [-0.2, 0) is 0 Å². The van der Waals surface area contributed by atoms with E-state index in [4.69, 9.17) is 8.94 Å². The molecule has 0 aromatic carbocycles. The maximum Gasteiger partial charge on any atom is 0.273 e. The zero-order chi connectivity index (χ0) is 16.4. The zero-order valence-corrected chi connectivity index (χ0v) is 13.7. The van der Waals surface area contributed by atoms with Gasteiger partial charge in [-0.05, 0) is 50.9 Å². The van der Waals surface area contributed by atoms with Crippen LogP contribution >= 0.6 is 0 Å². The van der Waals surface area contributed by atoms with Crippen LogP contribution in [0.5, 0.6) is 0 Å². The lowest BCUT2D eigenvalue weighted by Crippen LogP contribution is -2.40. The number of furan rings is 1.